The zero-order valence-corrected chi connectivity index (χ0v) is 9.33. The van der Waals surface area contributed by atoms with Gasteiger partial charge in [-0.15, -0.1) is 0 Å². The molecule has 2 rings (SSSR count). The minimum Gasteiger partial charge on any atom is -0.375 e. The summed E-state index contributed by atoms with van der Waals surface area (Å²) in [6, 6.07) is 6.33. The van der Waals surface area contributed by atoms with Crippen LogP contribution in [0.4, 0.5) is 4.39 Å². The summed E-state index contributed by atoms with van der Waals surface area (Å²) in [5.41, 5.74) is 0.274. The average molecular weight is 225 g/mol. The van der Waals surface area contributed by atoms with E-state index in [-0.39, 0.29) is 5.82 Å². The number of morpholine rings is 1. The van der Waals surface area contributed by atoms with Gasteiger partial charge < -0.3 is 9.47 Å². The van der Waals surface area contributed by atoms with Crippen LogP contribution < -0.4 is 5.32 Å². The van der Waals surface area contributed by atoms with E-state index in [9.17, 15) is 4.39 Å². The second-order valence-corrected chi connectivity index (χ2v) is 3.75. The highest BCUT2D eigenvalue weighted by Gasteiger charge is 2.35. The van der Waals surface area contributed by atoms with Gasteiger partial charge in [-0.25, -0.2) is 4.39 Å². The monoisotopic (exact) mass is 225 g/mol. The second-order valence-electron chi connectivity index (χ2n) is 3.75. The predicted octanol–water partition coefficient (Wildman–Crippen LogP) is 1.63. The molecule has 0 bridgehead atoms. The van der Waals surface area contributed by atoms with Crippen molar-refractivity contribution in [3.8, 4) is 0 Å². The number of benzene rings is 1. The molecular formula is C12H16FNO2. The quantitative estimate of drug-likeness (QED) is 0.848. The third-order valence-corrected chi connectivity index (χ3v) is 2.66. The maximum Gasteiger partial charge on any atom is 0.168 e. The van der Waals surface area contributed by atoms with Crippen molar-refractivity contribution in [2.75, 3.05) is 26.4 Å². The molecule has 88 valence electrons. The fourth-order valence-electron chi connectivity index (χ4n) is 1.92. The molecule has 0 radical (unpaired) electrons. The molecule has 1 fully saturated rings. The van der Waals surface area contributed by atoms with E-state index < -0.39 is 5.72 Å². The standard InChI is InChI=1S/C12H16FNO2/c1-2-16-12(9-15-8-7-14-12)10-3-5-11(13)6-4-10/h3-6,14H,2,7-9H2,1H3. The van der Waals surface area contributed by atoms with Gasteiger partial charge in [0, 0.05) is 18.7 Å². The number of hydrogen-bond acceptors (Lipinski definition) is 3. The van der Waals surface area contributed by atoms with E-state index >= 15 is 0 Å². The number of rotatable bonds is 3. The summed E-state index contributed by atoms with van der Waals surface area (Å²) in [7, 11) is 0. The maximum absolute atomic E-state index is 12.9. The van der Waals surface area contributed by atoms with Gasteiger partial charge in [-0.05, 0) is 19.1 Å². The van der Waals surface area contributed by atoms with Crippen LogP contribution in [0.1, 0.15) is 12.5 Å². The van der Waals surface area contributed by atoms with Crippen LogP contribution >= 0.6 is 0 Å². The van der Waals surface area contributed by atoms with Gasteiger partial charge in [0.1, 0.15) is 5.82 Å². The van der Waals surface area contributed by atoms with E-state index in [1.54, 1.807) is 12.1 Å². The molecule has 0 spiro atoms. The Bertz CT molecular complexity index is 328. The summed E-state index contributed by atoms with van der Waals surface area (Å²) < 4.78 is 24.1. The van der Waals surface area contributed by atoms with Gasteiger partial charge in [-0.1, -0.05) is 12.1 Å². The molecule has 1 aromatic rings. The highest BCUT2D eigenvalue weighted by Crippen LogP contribution is 2.25. The summed E-state index contributed by atoms with van der Waals surface area (Å²) in [6.07, 6.45) is 0. The molecule has 1 saturated heterocycles. The Hall–Kier alpha value is -0.970. The number of hydrogen-bond donors (Lipinski definition) is 1. The van der Waals surface area contributed by atoms with Gasteiger partial charge in [0.25, 0.3) is 0 Å². The van der Waals surface area contributed by atoms with E-state index in [1.807, 2.05) is 6.92 Å². The lowest BCUT2D eigenvalue weighted by Gasteiger charge is -2.38. The van der Waals surface area contributed by atoms with E-state index in [0.29, 0.717) is 19.8 Å². The third-order valence-electron chi connectivity index (χ3n) is 2.66. The molecular weight excluding hydrogens is 209 g/mol. The number of halogens is 1. The van der Waals surface area contributed by atoms with Crippen LogP contribution in [0, 0.1) is 5.82 Å². The summed E-state index contributed by atoms with van der Waals surface area (Å²) in [5.74, 6) is -0.243. The minimum atomic E-state index is -0.624. The normalized spacial score (nSPS) is 25.6. The van der Waals surface area contributed by atoms with Crippen LogP contribution in [0.3, 0.4) is 0 Å². The SMILES string of the molecule is CCOC1(c2ccc(F)cc2)COCCN1. The first-order chi connectivity index (χ1) is 7.77. The Morgan fingerprint density at radius 1 is 1.44 bits per heavy atom. The van der Waals surface area contributed by atoms with Crippen LogP contribution in [0.5, 0.6) is 0 Å². The van der Waals surface area contributed by atoms with E-state index in [2.05, 4.69) is 5.32 Å². The molecule has 3 nitrogen and oxygen atoms in total. The Labute approximate surface area is 94.6 Å². The fraction of sp³-hybridized carbons (Fsp3) is 0.500. The predicted molar refractivity (Wildman–Crippen MR) is 58.5 cm³/mol. The summed E-state index contributed by atoms with van der Waals surface area (Å²) in [4.78, 5) is 0. The van der Waals surface area contributed by atoms with Crippen LogP contribution in [-0.4, -0.2) is 26.4 Å². The van der Waals surface area contributed by atoms with Gasteiger partial charge in [-0.2, -0.15) is 0 Å². The van der Waals surface area contributed by atoms with Crippen LogP contribution in [0.15, 0.2) is 24.3 Å². The van der Waals surface area contributed by atoms with Crippen molar-refractivity contribution >= 4 is 0 Å². The van der Waals surface area contributed by atoms with Crippen LogP contribution in [0.2, 0.25) is 0 Å². The average Bonchev–Trinajstić information content (AvgIpc) is 2.31. The van der Waals surface area contributed by atoms with Crippen molar-refractivity contribution in [3.05, 3.63) is 35.6 Å². The van der Waals surface area contributed by atoms with Crippen molar-refractivity contribution < 1.29 is 13.9 Å². The fourth-order valence-corrected chi connectivity index (χ4v) is 1.92. The molecule has 1 aliphatic heterocycles. The molecule has 1 heterocycles. The van der Waals surface area contributed by atoms with Gasteiger partial charge in [0.05, 0.1) is 13.2 Å². The van der Waals surface area contributed by atoms with Gasteiger partial charge in [0.15, 0.2) is 5.72 Å². The molecule has 1 N–H and O–H groups in total. The topological polar surface area (TPSA) is 30.5 Å². The Morgan fingerprint density at radius 2 is 2.19 bits per heavy atom. The van der Waals surface area contributed by atoms with Gasteiger partial charge in [0.2, 0.25) is 0 Å². The minimum absolute atomic E-state index is 0.243. The van der Waals surface area contributed by atoms with Crippen molar-refractivity contribution in [2.45, 2.75) is 12.6 Å². The lowest BCUT2D eigenvalue weighted by atomic mass is 10.0. The first-order valence-corrected chi connectivity index (χ1v) is 5.49. The van der Waals surface area contributed by atoms with Gasteiger partial charge in [-0.3, -0.25) is 5.32 Å². The van der Waals surface area contributed by atoms with Crippen LogP contribution in [0.25, 0.3) is 0 Å². The second kappa shape index (κ2) is 4.91. The van der Waals surface area contributed by atoms with Crippen LogP contribution in [-0.2, 0) is 15.2 Å². The number of ether oxygens (including phenoxy) is 2. The molecule has 1 unspecified atom stereocenters. The molecule has 1 aliphatic rings. The molecule has 1 aromatic carbocycles. The molecule has 4 heteroatoms. The Kier molecular flexibility index (Phi) is 3.53. The first-order valence-electron chi connectivity index (χ1n) is 5.49. The highest BCUT2D eigenvalue weighted by atomic mass is 19.1. The van der Waals surface area contributed by atoms with E-state index in [4.69, 9.17) is 9.47 Å². The Balaban J connectivity index is 2.26. The molecule has 0 amide bonds. The zero-order chi connectivity index (χ0) is 11.4. The maximum atomic E-state index is 12.9. The van der Waals surface area contributed by atoms with Crippen molar-refractivity contribution in [3.63, 3.8) is 0 Å². The highest BCUT2D eigenvalue weighted by molar-refractivity contribution is 5.23. The van der Waals surface area contributed by atoms with Crippen molar-refractivity contribution in [2.24, 2.45) is 0 Å². The van der Waals surface area contributed by atoms with E-state index in [1.165, 1.54) is 12.1 Å². The smallest absolute Gasteiger partial charge is 0.168 e. The molecule has 0 aromatic heterocycles. The lowest BCUT2D eigenvalue weighted by molar-refractivity contribution is -0.146. The van der Waals surface area contributed by atoms with Gasteiger partial charge >= 0.3 is 0 Å². The largest absolute Gasteiger partial charge is 0.375 e. The summed E-state index contributed by atoms with van der Waals surface area (Å²) in [5, 5.41) is 3.30. The van der Waals surface area contributed by atoms with Crippen molar-refractivity contribution in [1.29, 1.82) is 0 Å². The molecule has 1 atom stereocenters. The molecule has 0 saturated carbocycles. The molecule has 16 heavy (non-hydrogen) atoms. The first kappa shape index (κ1) is 11.5. The zero-order valence-electron chi connectivity index (χ0n) is 9.33. The third kappa shape index (κ3) is 2.24. The Morgan fingerprint density at radius 3 is 2.75 bits per heavy atom. The summed E-state index contributed by atoms with van der Waals surface area (Å²) >= 11 is 0. The lowest BCUT2D eigenvalue weighted by Crippen LogP contribution is -2.53. The van der Waals surface area contributed by atoms with Crippen molar-refractivity contribution in [1.82, 2.24) is 5.32 Å². The number of nitrogens with one attached hydrogen (secondary N) is 1. The summed E-state index contributed by atoms with van der Waals surface area (Å²) in [6.45, 7) is 4.37. The molecule has 0 aliphatic carbocycles. The van der Waals surface area contributed by atoms with E-state index in [0.717, 1.165) is 12.1 Å².